The normalized spacial score (nSPS) is 33.8. The molecular formula is C12H9F3O2. The average molecular weight is 242 g/mol. The molecule has 2 bridgehead atoms. The Kier molecular flexibility index (Phi) is 1.77. The molecule has 0 atom stereocenters. The molecule has 3 aliphatic rings. The fourth-order valence-corrected chi connectivity index (χ4v) is 3.23. The molecule has 3 fully saturated rings. The van der Waals surface area contributed by atoms with E-state index in [-0.39, 0.29) is 5.56 Å². The fourth-order valence-electron chi connectivity index (χ4n) is 3.23. The Labute approximate surface area is 95.1 Å². The van der Waals surface area contributed by atoms with Crippen LogP contribution in [0.1, 0.15) is 24.8 Å². The van der Waals surface area contributed by atoms with E-state index in [9.17, 15) is 18.0 Å². The molecule has 3 saturated carbocycles. The third kappa shape index (κ3) is 1.14. The maximum atomic E-state index is 13.5. The van der Waals surface area contributed by atoms with E-state index in [1.165, 1.54) is 0 Å². The molecule has 17 heavy (non-hydrogen) atoms. The smallest absolute Gasteiger partial charge is 0.309 e. The van der Waals surface area contributed by atoms with Gasteiger partial charge >= 0.3 is 5.97 Å². The highest BCUT2D eigenvalue weighted by molar-refractivity contribution is 5.80. The van der Waals surface area contributed by atoms with Crippen LogP contribution >= 0.6 is 0 Å². The van der Waals surface area contributed by atoms with Crippen molar-refractivity contribution in [2.75, 3.05) is 0 Å². The SMILES string of the molecule is O=C(O)C12CC(c3cc(F)c(F)cc3F)(C1)C2. The standard InChI is InChI=1S/C12H9F3O2/c13-7-2-9(15)8(14)1-6(7)11-3-12(4-11,5-11)10(16)17/h1-2H,3-5H2,(H,16,17). The van der Waals surface area contributed by atoms with Crippen molar-refractivity contribution in [2.45, 2.75) is 24.7 Å². The molecular weight excluding hydrogens is 233 g/mol. The number of carbonyl (C=O) groups is 1. The summed E-state index contributed by atoms with van der Waals surface area (Å²) < 4.78 is 39.4. The van der Waals surface area contributed by atoms with Crippen molar-refractivity contribution >= 4 is 5.97 Å². The third-order valence-corrected chi connectivity index (χ3v) is 4.07. The van der Waals surface area contributed by atoms with Gasteiger partial charge in [-0.25, -0.2) is 13.2 Å². The van der Waals surface area contributed by atoms with Gasteiger partial charge in [-0.1, -0.05) is 0 Å². The van der Waals surface area contributed by atoms with Crippen molar-refractivity contribution in [2.24, 2.45) is 5.41 Å². The van der Waals surface area contributed by atoms with Gasteiger partial charge in [0, 0.05) is 11.5 Å². The first-order valence-electron chi connectivity index (χ1n) is 5.27. The molecule has 0 aromatic heterocycles. The van der Waals surface area contributed by atoms with Crippen LogP contribution in [0.25, 0.3) is 0 Å². The second-order valence-corrected chi connectivity index (χ2v) is 5.14. The minimum absolute atomic E-state index is 0.111. The van der Waals surface area contributed by atoms with Gasteiger partial charge in [-0.3, -0.25) is 4.79 Å². The Bertz CT molecular complexity index is 519. The van der Waals surface area contributed by atoms with Gasteiger partial charge in [0.15, 0.2) is 11.6 Å². The predicted molar refractivity (Wildman–Crippen MR) is 51.9 cm³/mol. The molecule has 4 rings (SSSR count). The van der Waals surface area contributed by atoms with Gasteiger partial charge in [0.2, 0.25) is 0 Å². The number of benzene rings is 1. The molecule has 90 valence electrons. The summed E-state index contributed by atoms with van der Waals surface area (Å²) in [7, 11) is 0. The Morgan fingerprint density at radius 2 is 1.59 bits per heavy atom. The van der Waals surface area contributed by atoms with E-state index in [0.717, 1.165) is 6.07 Å². The van der Waals surface area contributed by atoms with Gasteiger partial charge in [-0.15, -0.1) is 0 Å². The summed E-state index contributed by atoms with van der Waals surface area (Å²) in [6.45, 7) is 0. The van der Waals surface area contributed by atoms with Gasteiger partial charge in [0.1, 0.15) is 5.82 Å². The van der Waals surface area contributed by atoms with E-state index in [1.807, 2.05) is 0 Å². The number of halogens is 3. The fraction of sp³-hybridized carbons (Fsp3) is 0.417. The maximum Gasteiger partial charge on any atom is 0.309 e. The topological polar surface area (TPSA) is 37.3 Å². The number of rotatable bonds is 2. The summed E-state index contributed by atoms with van der Waals surface area (Å²) in [4.78, 5) is 10.9. The molecule has 3 aliphatic carbocycles. The lowest BCUT2D eigenvalue weighted by atomic mass is 9.33. The molecule has 5 heteroatoms. The van der Waals surface area contributed by atoms with E-state index < -0.39 is 34.3 Å². The molecule has 0 aliphatic heterocycles. The summed E-state index contributed by atoms with van der Waals surface area (Å²) in [5.74, 6) is -3.98. The zero-order valence-electron chi connectivity index (χ0n) is 8.77. The second kappa shape index (κ2) is 2.83. The van der Waals surface area contributed by atoms with E-state index in [2.05, 4.69) is 0 Å². The lowest BCUT2D eigenvalue weighted by Gasteiger charge is -2.68. The van der Waals surface area contributed by atoms with Crippen molar-refractivity contribution in [1.82, 2.24) is 0 Å². The lowest BCUT2D eigenvalue weighted by Crippen LogP contribution is -2.68. The zero-order valence-corrected chi connectivity index (χ0v) is 8.77. The molecule has 0 radical (unpaired) electrons. The number of carboxylic acid groups (broad SMARTS) is 1. The average Bonchev–Trinajstić information content (AvgIpc) is 2.08. The van der Waals surface area contributed by atoms with Crippen LogP contribution in [0.2, 0.25) is 0 Å². The highest BCUT2D eigenvalue weighted by Crippen LogP contribution is 2.73. The molecule has 1 N–H and O–H groups in total. The first-order chi connectivity index (χ1) is 7.89. The summed E-state index contributed by atoms with van der Waals surface area (Å²) in [6.07, 6.45) is 0.950. The van der Waals surface area contributed by atoms with Gasteiger partial charge in [0.05, 0.1) is 5.41 Å². The van der Waals surface area contributed by atoms with E-state index in [4.69, 9.17) is 5.11 Å². The highest BCUT2D eigenvalue weighted by atomic mass is 19.2. The third-order valence-electron chi connectivity index (χ3n) is 4.07. The molecule has 0 spiro atoms. The minimum atomic E-state index is -1.22. The van der Waals surface area contributed by atoms with Crippen LogP contribution < -0.4 is 0 Å². The van der Waals surface area contributed by atoms with Crippen LogP contribution in [-0.2, 0) is 10.2 Å². The lowest BCUT2D eigenvalue weighted by molar-refractivity contribution is -0.195. The van der Waals surface area contributed by atoms with E-state index >= 15 is 0 Å². The summed E-state index contributed by atoms with van der Waals surface area (Å²) in [6, 6.07) is 1.38. The van der Waals surface area contributed by atoms with Crippen LogP contribution in [0, 0.1) is 22.9 Å². The van der Waals surface area contributed by atoms with Crippen LogP contribution in [0.3, 0.4) is 0 Å². The van der Waals surface area contributed by atoms with E-state index in [0.29, 0.717) is 25.3 Å². The van der Waals surface area contributed by atoms with E-state index in [1.54, 1.807) is 0 Å². The monoisotopic (exact) mass is 242 g/mol. The molecule has 0 unspecified atom stereocenters. The molecule has 0 amide bonds. The zero-order chi connectivity index (χ0) is 12.4. The summed E-state index contributed by atoms with van der Waals surface area (Å²) in [5.41, 5.74) is -1.23. The van der Waals surface area contributed by atoms with Crippen LogP contribution in [-0.4, -0.2) is 11.1 Å². The predicted octanol–water partition coefficient (Wildman–Crippen LogP) is 2.61. The Morgan fingerprint density at radius 3 is 2.12 bits per heavy atom. The molecule has 1 aromatic carbocycles. The van der Waals surface area contributed by atoms with Gasteiger partial charge in [-0.05, 0) is 30.9 Å². The quantitative estimate of drug-likeness (QED) is 0.809. The molecule has 2 nitrogen and oxygen atoms in total. The first-order valence-corrected chi connectivity index (χ1v) is 5.27. The number of hydrogen-bond acceptors (Lipinski definition) is 1. The summed E-state index contributed by atoms with van der Waals surface area (Å²) in [5, 5.41) is 8.93. The van der Waals surface area contributed by atoms with Crippen molar-refractivity contribution in [3.05, 3.63) is 35.1 Å². The van der Waals surface area contributed by atoms with Crippen LogP contribution in [0.5, 0.6) is 0 Å². The van der Waals surface area contributed by atoms with Gasteiger partial charge in [-0.2, -0.15) is 0 Å². The van der Waals surface area contributed by atoms with Crippen molar-refractivity contribution in [3.8, 4) is 0 Å². The Morgan fingerprint density at radius 1 is 1.06 bits per heavy atom. The number of carboxylic acids is 1. The van der Waals surface area contributed by atoms with Gasteiger partial charge < -0.3 is 5.11 Å². The number of hydrogen-bond donors (Lipinski definition) is 1. The minimum Gasteiger partial charge on any atom is -0.481 e. The molecule has 0 saturated heterocycles. The molecule has 1 aromatic rings. The summed E-state index contributed by atoms with van der Waals surface area (Å²) >= 11 is 0. The molecule has 0 heterocycles. The van der Waals surface area contributed by atoms with Gasteiger partial charge in [0.25, 0.3) is 0 Å². The van der Waals surface area contributed by atoms with Crippen molar-refractivity contribution in [1.29, 1.82) is 0 Å². The number of aliphatic carboxylic acids is 1. The maximum absolute atomic E-state index is 13.5. The Hall–Kier alpha value is -1.52. The second-order valence-electron chi connectivity index (χ2n) is 5.14. The first kappa shape index (κ1) is 10.6. The Balaban J connectivity index is 1.94. The largest absolute Gasteiger partial charge is 0.481 e. The highest BCUT2D eigenvalue weighted by Gasteiger charge is 2.73. The van der Waals surface area contributed by atoms with Crippen molar-refractivity contribution < 1.29 is 23.1 Å². The van der Waals surface area contributed by atoms with Crippen LogP contribution in [0.15, 0.2) is 12.1 Å². The van der Waals surface area contributed by atoms with Crippen LogP contribution in [0.4, 0.5) is 13.2 Å². The van der Waals surface area contributed by atoms with Crippen molar-refractivity contribution in [3.63, 3.8) is 0 Å².